The summed E-state index contributed by atoms with van der Waals surface area (Å²) in [4.78, 5) is 17.2. The number of nitrogens with one attached hydrogen (secondary N) is 1. The summed E-state index contributed by atoms with van der Waals surface area (Å²) in [7, 11) is 0. The molecule has 5 nitrogen and oxygen atoms in total. The first-order valence-corrected chi connectivity index (χ1v) is 9.14. The molecule has 0 radical (unpaired) electrons. The fourth-order valence-electron chi connectivity index (χ4n) is 4.05. The Morgan fingerprint density at radius 3 is 2.50 bits per heavy atom. The standard InChI is InChI=1S/C17H31N3O2/c21-12-8-15-3-1-2-9-20(15)13-17(22)18-14-6-10-19(11-7-14)16-4-5-16/h14-16,21H,1-13H2,(H,18,22). The third-order valence-electron chi connectivity index (χ3n) is 5.52. The molecule has 2 saturated heterocycles. The summed E-state index contributed by atoms with van der Waals surface area (Å²) >= 11 is 0. The number of carbonyl (C=O) groups is 1. The molecule has 3 aliphatic rings. The molecule has 22 heavy (non-hydrogen) atoms. The van der Waals surface area contributed by atoms with Crippen LogP contribution in [0, 0.1) is 0 Å². The SMILES string of the molecule is O=C(CN1CCCCC1CCO)NC1CCN(C2CC2)CC1. The molecule has 0 bridgehead atoms. The van der Waals surface area contributed by atoms with E-state index in [0.717, 1.165) is 51.4 Å². The van der Waals surface area contributed by atoms with E-state index in [0.29, 0.717) is 18.6 Å². The molecule has 1 unspecified atom stereocenters. The minimum Gasteiger partial charge on any atom is -0.396 e. The van der Waals surface area contributed by atoms with Crippen molar-refractivity contribution in [1.82, 2.24) is 15.1 Å². The number of piperidine rings is 2. The highest BCUT2D eigenvalue weighted by molar-refractivity contribution is 5.78. The van der Waals surface area contributed by atoms with Crippen molar-refractivity contribution in [1.29, 1.82) is 0 Å². The fourth-order valence-corrected chi connectivity index (χ4v) is 4.05. The molecular formula is C17H31N3O2. The minimum atomic E-state index is 0.176. The van der Waals surface area contributed by atoms with Crippen LogP contribution >= 0.6 is 0 Å². The second-order valence-corrected chi connectivity index (χ2v) is 7.24. The molecule has 2 heterocycles. The highest BCUT2D eigenvalue weighted by Crippen LogP contribution is 2.29. The Bertz CT molecular complexity index is 363. The van der Waals surface area contributed by atoms with Crippen LogP contribution in [-0.2, 0) is 4.79 Å². The summed E-state index contributed by atoms with van der Waals surface area (Å²) in [5.41, 5.74) is 0. The van der Waals surface area contributed by atoms with Gasteiger partial charge < -0.3 is 15.3 Å². The molecule has 0 aromatic rings. The van der Waals surface area contributed by atoms with E-state index in [1.165, 1.54) is 25.7 Å². The van der Waals surface area contributed by atoms with Crippen molar-refractivity contribution in [2.24, 2.45) is 0 Å². The number of carbonyl (C=O) groups excluding carboxylic acids is 1. The number of hydrogen-bond acceptors (Lipinski definition) is 4. The van der Waals surface area contributed by atoms with Crippen LogP contribution in [-0.4, -0.2) is 71.7 Å². The second-order valence-electron chi connectivity index (χ2n) is 7.24. The number of hydrogen-bond donors (Lipinski definition) is 2. The zero-order chi connectivity index (χ0) is 15.4. The van der Waals surface area contributed by atoms with Crippen LogP contribution in [0.25, 0.3) is 0 Å². The summed E-state index contributed by atoms with van der Waals surface area (Å²) in [6.07, 6.45) is 9.26. The Morgan fingerprint density at radius 1 is 1.05 bits per heavy atom. The first kappa shape index (κ1) is 16.2. The predicted octanol–water partition coefficient (Wildman–Crippen LogP) is 0.966. The smallest absolute Gasteiger partial charge is 0.234 e. The maximum Gasteiger partial charge on any atom is 0.234 e. The summed E-state index contributed by atoms with van der Waals surface area (Å²) in [6.45, 7) is 4.02. The molecule has 5 heteroatoms. The van der Waals surface area contributed by atoms with Gasteiger partial charge in [0, 0.05) is 37.8 Å². The maximum absolute atomic E-state index is 12.3. The van der Waals surface area contributed by atoms with Crippen molar-refractivity contribution in [3.05, 3.63) is 0 Å². The van der Waals surface area contributed by atoms with E-state index in [9.17, 15) is 9.90 Å². The van der Waals surface area contributed by atoms with E-state index < -0.39 is 0 Å². The third kappa shape index (κ3) is 4.43. The molecule has 1 atom stereocenters. The van der Waals surface area contributed by atoms with Crippen LogP contribution in [0.1, 0.15) is 51.4 Å². The predicted molar refractivity (Wildman–Crippen MR) is 86.7 cm³/mol. The molecule has 0 aromatic carbocycles. The lowest BCUT2D eigenvalue weighted by molar-refractivity contribution is -0.124. The molecule has 1 aliphatic carbocycles. The number of amides is 1. The lowest BCUT2D eigenvalue weighted by Gasteiger charge is -2.36. The monoisotopic (exact) mass is 309 g/mol. The van der Waals surface area contributed by atoms with Crippen LogP contribution in [0.2, 0.25) is 0 Å². The van der Waals surface area contributed by atoms with Gasteiger partial charge in [0.1, 0.15) is 0 Å². The first-order chi connectivity index (χ1) is 10.8. The lowest BCUT2D eigenvalue weighted by Crippen LogP contribution is -2.50. The second kappa shape index (κ2) is 7.75. The Hall–Kier alpha value is -0.650. The van der Waals surface area contributed by atoms with Crippen LogP contribution in [0.4, 0.5) is 0 Å². The number of aliphatic hydroxyl groups is 1. The normalized spacial score (nSPS) is 28.7. The van der Waals surface area contributed by atoms with Gasteiger partial charge in [-0.2, -0.15) is 0 Å². The van der Waals surface area contributed by atoms with Gasteiger partial charge in [0.05, 0.1) is 6.54 Å². The summed E-state index contributed by atoms with van der Waals surface area (Å²) < 4.78 is 0. The van der Waals surface area contributed by atoms with E-state index in [4.69, 9.17) is 0 Å². The average molecular weight is 309 g/mol. The van der Waals surface area contributed by atoms with Gasteiger partial charge in [-0.05, 0) is 51.5 Å². The zero-order valence-corrected chi connectivity index (χ0v) is 13.7. The number of aliphatic hydroxyl groups excluding tert-OH is 1. The quantitative estimate of drug-likeness (QED) is 0.767. The van der Waals surface area contributed by atoms with Crippen molar-refractivity contribution < 1.29 is 9.90 Å². The van der Waals surface area contributed by atoms with Gasteiger partial charge in [-0.1, -0.05) is 6.42 Å². The van der Waals surface area contributed by atoms with Crippen LogP contribution in [0.3, 0.4) is 0 Å². The molecule has 3 rings (SSSR count). The molecule has 126 valence electrons. The van der Waals surface area contributed by atoms with Crippen molar-refractivity contribution in [2.75, 3.05) is 32.8 Å². The Balaban J connectivity index is 1.39. The molecular weight excluding hydrogens is 278 g/mol. The number of likely N-dealkylation sites (tertiary alicyclic amines) is 2. The van der Waals surface area contributed by atoms with E-state index in [1.54, 1.807) is 0 Å². The highest BCUT2D eigenvalue weighted by atomic mass is 16.3. The van der Waals surface area contributed by atoms with E-state index >= 15 is 0 Å². The Labute approximate surface area is 134 Å². The van der Waals surface area contributed by atoms with E-state index in [1.807, 2.05) is 0 Å². The van der Waals surface area contributed by atoms with E-state index in [-0.39, 0.29) is 12.5 Å². The molecule has 0 aromatic heterocycles. The molecule has 1 saturated carbocycles. The largest absolute Gasteiger partial charge is 0.396 e. The van der Waals surface area contributed by atoms with Gasteiger partial charge in [-0.25, -0.2) is 0 Å². The van der Waals surface area contributed by atoms with Gasteiger partial charge in [-0.15, -0.1) is 0 Å². The lowest BCUT2D eigenvalue weighted by atomic mass is 9.99. The molecule has 2 N–H and O–H groups in total. The highest BCUT2D eigenvalue weighted by Gasteiger charge is 2.32. The third-order valence-corrected chi connectivity index (χ3v) is 5.52. The molecule has 2 aliphatic heterocycles. The van der Waals surface area contributed by atoms with Gasteiger partial charge >= 0.3 is 0 Å². The van der Waals surface area contributed by atoms with Crippen LogP contribution in [0.5, 0.6) is 0 Å². The minimum absolute atomic E-state index is 0.176. The van der Waals surface area contributed by atoms with Gasteiger partial charge in [0.25, 0.3) is 0 Å². The van der Waals surface area contributed by atoms with Crippen molar-refractivity contribution in [2.45, 2.75) is 69.5 Å². The van der Waals surface area contributed by atoms with E-state index in [2.05, 4.69) is 15.1 Å². The van der Waals surface area contributed by atoms with Gasteiger partial charge in [0.15, 0.2) is 0 Å². The van der Waals surface area contributed by atoms with Crippen molar-refractivity contribution in [3.63, 3.8) is 0 Å². The summed E-state index contributed by atoms with van der Waals surface area (Å²) in [5.74, 6) is 0.176. The van der Waals surface area contributed by atoms with Crippen molar-refractivity contribution in [3.8, 4) is 0 Å². The topological polar surface area (TPSA) is 55.8 Å². The molecule has 0 spiro atoms. The van der Waals surface area contributed by atoms with Crippen molar-refractivity contribution >= 4 is 5.91 Å². The number of nitrogens with zero attached hydrogens (tertiary/aromatic N) is 2. The molecule has 1 amide bonds. The fraction of sp³-hybridized carbons (Fsp3) is 0.941. The summed E-state index contributed by atoms with van der Waals surface area (Å²) in [6, 6.07) is 1.61. The summed E-state index contributed by atoms with van der Waals surface area (Å²) in [5, 5.41) is 12.4. The molecule has 3 fully saturated rings. The Kier molecular flexibility index (Phi) is 5.71. The van der Waals surface area contributed by atoms with Gasteiger partial charge in [-0.3, -0.25) is 9.69 Å². The maximum atomic E-state index is 12.3. The zero-order valence-electron chi connectivity index (χ0n) is 13.7. The van der Waals surface area contributed by atoms with Gasteiger partial charge in [0.2, 0.25) is 5.91 Å². The van der Waals surface area contributed by atoms with Crippen LogP contribution in [0.15, 0.2) is 0 Å². The Morgan fingerprint density at radius 2 is 1.82 bits per heavy atom. The first-order valence-electron chi connectivity index (χ1n) is 9.14. The van der Waals surface area contributed by atoms with Crippen LogP contribution < -0.4 is 5.32 Å². The number of rotatable bonds is 6. The average Bonchev–Trinajstić information content (AvgIpc) is 3.35.